The molecule has 0 saturated heterocycles. The van der Waals surface area contributed by atoms with Gasteiger partial charge in [-0.2, -0.15) is 5.10 Å². The monoisotopic (exact) mass is 554 g/mol. The minimum absolute atomic E-state index is 0.256. The summed E-state index contributed by atoms with van der Waals surface area (Å²) in [6.45, 7) is 4.26. The van der Waals surface area contributed by atoms with Crippen molar-refractivity contribution in [1.29, 1.82) is 0 Å². The quantitative estimate of drug-likeness (QED) is 0.148. The number of methoxy groups -OCH3 is 1. The third-order valence-electron chi connectivity index (χ3n) is 4.84. The first-order valence-electron chi connectivity index (χ1n) is 11.3. The van der Waals surface area contributed by atoms with E-state index < -0.39 is 18.0 Å². The summed E-state index contributed by atoms with van der Waals surface area (Å²) in [4.78, 5) is 24.8. The van der Waals surface area contributed by atoms with Crippen molar-refractivity contribution in [2.75, 3.05) is 13.7 Å². The Morgan fingerprint density at radius 2 is 1.69 bits per heavy atom. The van der Waals surface area contributed by atoms with Gasteiger partial charge in [0.25, 0.3) is 5.91 Å². The Labute approximate surface area is 218 Å². The number of nitrogens with one attached hydrogen (secondary N) is 1. The molecule has 36 heavy (non-hydrogen) atoms. The van der Waals surface area contributed by atoms with Gasteiger partial charge in [0.15, 0.2) is 17.6 Å². The Morgan fingerprint density at radius 3 is 2.36 bits per heavy atom. The highest BCUT2D eigenvalue weighted by Crippen LogP contribution is 2.28. The zero-order chi connectivity index (χ0) is 25.9. The van der Waals surface area contributed by atoms with E-state index in [2.05, 4.69) is 26.5 Å². The lowest BCUT2D eigenvalue weighted by Crippen LogP contribution is -2.33. The van der Waals surface area contributed by atoms with Crippen molar-refractivity contribution in [3.63, 3.8) is 0 Å². The van der Waals surface area contributed by atoms with Gasteiger partial charge in [-0.05, 0) is 85.6 Å². The number of amides is 1. The van der Waals surface area contributed by atoms with Gasteiger partial charge >= 0.3 is 5.97 Å². The van der Waals surface area contributed by atoms with Crippen molar-refractivity contribution in [2.24, 2.45) is 5.10 Å². The highest BCUT2D eigenvalue weighted by Gasteiger charge is 2.15. The van der Waals surface area contributed by atoms with E-state index in [1.165, 1.54) is 13.3 Å². The molecule has 0 saturated carbocycles. The van der Waals surface area contributed by atoms with Gasteiger partial charge in [0.05, 0.1) is 25.5 Å². The smallest absolute Gasteiger partial charge is 0.343 e. The third-order valence-corrected chi connectivity index (χ3v) is 5.37. The molecule has 0 aromatic heterocycles. The number of ether oxygens (including phenoxy) is 4. The first-order chi connectivity index (χ1) is 17.4. The molecule has 0 aliphatic carbocycles. The van der Waals surface area contributed by atoms with Crippen LogP contribution < -0.4 is 24.4 Å². The molecule has 188 valence electrons. The maximum absolute atomic E-state index is 12.5. The Hall–Kier alpha value is -3.85. The molecule has 0 radical (unpaired) electrons. The van der Waals surface area contributed by atoms with Crippen LogP contribution in [0.1, 0.15) is 36.2 Å². The molecule has 3 aromatic rings. The number of hydrogen-bond acceptors (Lipinski definition) is 7. The molecule has 0 aliphatic rings. The van der Waals surface area contributed by atoms with Crippen molar-refractivity contribution in [2.45, 2.75) is 26.4 Å². The van der Waals surface area contributed by atoms with Crippen molar-refractivity contribution < 1.29 is 28.5 Å². The lowest BCUT2D eigenvalue weighted by molar-refractivity contribution is -0.127. The molecule has 0 heterocycles. The molecule has 3 rings (SSSR count). The number of carbonyl (C=O) groups is 2. The van der Waals surface area contributed by atoms with E-state index in [0.717, 1.165) is 10.9 Å². The average molecular weight is 555 g/mol. The fraction of sp³-hybridized carbons (Fsp3) is 0.222. The molecule has 9 heteroatoms. The van der Waals surface area contributed by atoms with E-state index >= 15 is 0 Å². The number of hydrazone groups is 1. The molecule has 0 spiro atoms. The zero-order valence-corrected chi connectivity index (χ0v) is 21.8. The SMILES string of the molecule is CCCOc1ccc(C(=O)Oc2ccc(/C=N\NC(=O)[C@@H](C)Oc3ccc(Br)cc3)cc2OC)cc1. The number of nitrogens with zero attached hydrogens (tertiary/aromatic N) is 1. The minimum Gasteiger partial charge on any atom is -0.494 e. The first kappa shape index (κ1) is 26.7. The van der Waals surface area contributed by atoms with Gasteiger partial charge in [-0.15, -0.1) is 0 Å². The van der Waals surface area contributed by atoms with Crippen LogP contribution >= 0.6 is 15.9 Å². The molecule has 0 fully saturated rings. The topological polar surface area (TPSA) is 95.5 Å². The van der Waals surface area contributed by atoms with Crippen molar-refractivity contribution in [3.8, 4) is 23.0 Å². The molecule has 3 aromatic carbocycles. The van der Waals surface area contributed by atoms with Crippen molar-refractivity contribution in [1.82, 2.24) is 5.43 Å². The molecular weight excluding hydrogens is 528 g/mol. The molecule has 1 amide bonds. The third kappa shape index (κ3) is 7.84. The second-order valence-electron chi connectivity index (χ2n) is 7.62. The van der Waals surface area contributed by atoms with Crippen LogP contribution in [0.2, 0.25) is 0 Å². The van der Waals surface area contributed by atoms with Crippen LogP contribution in [-0.4, -0.2) is 37.9 Å². The number of benzene rings is 3. The van der Waals surface area contributed by atoms with Crippen LogP contribution in [-0.2, 0) is 4.79 Å². The number of esters is 1. The summed E-state index contributed by atoms with van der Waals surface area (Å²) in [6.07, 6.45) is 1.61. The fourth-order valence-electron chi connectivity index (χ4n) is 2.95. The summed E-state index contributed by atoms with van der Waals surface area (Å²) in [5.74, 6) is 0.929. The number of rotatable bonds is 11. The Kier molecular flexibility index (Phi) is 9.88. The van der Waals surface area contributed by atoms with E-state index in [0.29, 0.717) is 35.0 Å². The Balaban J connectivity index is 1.57. The summed E-state index contributed by atoms with van der Waals surface area (Å²) in [7, 11) is 1.47. The predicted octanol–water partition coefficient (Wildman–Crippen LogP) is 5.38. The maximum atomic E-state index is 12.5. The number of halogens is 1. The Bertz CT molecular complexity index is 1200. The summed E-state index contributed by atoms with van der Waals surface area (Å²) < 4.78 is 22.9. The number of hydrogen-bond donors (Lipinski definition) is 1. The summed E-state index contributed by atoms with van der Waals surface area (Å²) in [5.41, 5.74) is 3.46. The fourth-order valence-corrected chi connectivity index (χ4v) is 3.21. The van der Waals surface area contributed by atoms with E-state index in [-0.39, 0.29) is 5.75 Å². The largest absolute Gasteiger partial charge is 0.494 e. The molecule has 1 N–H and O–H groups in total. The van der Waals surface area contributed by atoms with Crippen LogP contribution in [0.25, 0.3) is 0 Å². The predicted molar refractivity (Wildman–Crippen MR) is 140 cm³/mol. The molecule has 0 aliphatic heterocycles. The van der Waals surface area contributed by atoms with E-state index in [1.807, 2.05) is 19.1 Å². The second kappa shape index (κ2) is 13.3. The van der Waals surface area contributed by atoms with Gasteiger partial charge in [-0.1, -0.05) is 22.9 Å². The first-order valence-corrected chi connectivity index (χ1v) is 12.1. The van der Waals surface area contributed by atoms with E-state index in [9.17, 15) is 9.59 Å². The molecule has 0 bridgehead atoms. The molecular formula is C27H27BrN2O6. The molecule has 0 unspecified atom stereocenters. The van der Waals surface area contributed by atoms with Crippen LogP contribution in [0.5, 0.6) is 23.0 Å². The van der Waals surface area contributed by atoms with E-state index in [4.69, 9.17) is 18.9 Å². The standard InChI is InChI=1S/C27H27BrN2O6/c1-4-15-34-22-10-6-20(7-11-22)27(32)36-24-14-5-19(16-25(24)33-3)17-29-30-26(31)18(2)35-23-12-8-21(28)9-13-23/h5-14,16-18H,4,15H2,1-3H3,(H,30,31)/b29-17-/t18-/m1/s1. The number of carbonyl (C=O) groups excluding carboxylic acids is 2. The molecule has 1 atom stereocenters. The van der Waals surface area contributed by atoms with Crippen LogP contribution in [0, 0.1) is 0 Å². The van der Waals surface area contributed by atoms with Gasteiger partial charge in [0.2, 0.25) is 0 Å². The average Bonchev–Trinajstić information content (AvgIpc) is 2.89. The van der Waals surface area contributed by atoms with Crippen molar-refractivity contribution in [3.05, 3.63) is 82.3 Å². The van der Waals surface area contributed by atoms with Gasteiger partial charge < -0.3 is 18.9 Å². The van der Waals surface area contributed by atoms with E-state index in [1.54, 1.807) is 61.5 Å². The van der Waals surface area contributed by atoms with Crippen LogP contribution in [0.4, 0.5) is 0 Å². The van der Waals surface area contributed by atoms with Crippen molar-refractivity contribution >= 4 is 34.0 Å². The normalized spacial score (nSPS) is 11.6. The second-order valence-corrected chi connectivity index (χ2v) is 8.54. The van der Waals surface area contributed by atoms with Crippen LogP contribution in [0.15, 0.2) is 76.3 Å². The summed E-state index contributed by atoms with van der Waals surface area (Å²) in [6, 6.07) is 18.8. The van der Waals surface area contributed by atoms with Crippen LogP contribution in [0.3, 0.4) is 0 Å². The zero-order valence-electron chi connectivity index (χ0n) is 20.2. The minimum atomic E-state index is -0.744. The highest BCUT2D eigenvalue weighted by atomic mass is 79.9. The van der Waals surface area contributed by atoms with Gasteiger partial charge in [-0.25, -0.2) is 10.2 Å². The molecule has 8 nitrogen and oxygen atoms in total. The summed E-state index contributed by atoms with van der Waals surface area (Å²) >= 11 is 3.35. The van der Waals surface area contributed by atoms with Gasteiger partial charge in [-0.3, -0.25) is 4.79 Å². The Morgan fingerprint density at radius 1 is 1.00 bits per heavy atom. The lowest BCUT2D eigenvalue weighted by atomic mass is 10.2. The lowest BCUT2D eigenvalue weighted by Gasteiger charge is -2.13. The van der Waals surface area contributed by atoms with Gasteiger partial charge in [0, 0.05) is 4.47 Å². The highest BCUT2D eigenvalue weighted by molar-refractivity contribution is 9.10. The summed E-state index contributed by atoms with van der Waals surface area (Å²) in [5, 5.41) is 3.97. The van der Waals surface area contributed by atoms with Gasteiger partial charge in [0.1, 0.15) is 11.5 Å². The maximum Gasteiger partial charge on any atom is 0.343 e.